The van der Waals surface area contributed by atoms with Crippen LogP contribution in [0.15, 0.2) is 34.3 Å². The van der Waals surface area contributed by atoms with Gasteiger partial charge in [0.05, 0.1) is 19.0 Å². The number of benzene rings is 1. The van der Waals surface area contributed by atoms with Gasteiger partial charge >= 0.3 is 11.9 Å². The molecule has 0 saturated carbocycles. The quantitative estimate of drug-likeness (QED) is 0.0164. The molecule has 13 amide bonds. The van der Waals surface area contributed by atoms with Gasteiger partial charge in [-0.25, -0.2) is 4.79 Å². The number of hydrogen-bond acceptors (Lipinski definition) is 19. The standard InChI is InChI=1S/C62H104N20O18/c1-11-30(5)47(58(97)71-28-45(85)75-42(27-46(86)87)56(95)73-34(9)52(91)80-43(60(99)100)26-36-17-19-37(83)20-18-36)82-55(94)39(16-14-24-70-62(67)68)77-54(93)38(15-13-23-69-61(65)66)78-57(96)41(25-29(3)4)79-51(90)33(8)72-53(92)40(21-22-44(64)84)76-50(89)35(10)74-59(98)48(31(6)12-2)81-49(88)32(7)63/h17-20,29-35,38-43,47-48,83H,11-16,21-28,63H2,1-10H3,(H2,64,84)(H,71,97)(H,72,92)(H,73,95)(H,74,98)(H,75,85)(H,76,89)(H,77,93)(H,78,96)(H,79,90)(H,80,91)(H,81,88)(H,82,94)(H,86,87)(H,99,100)(H4,65,66,69)(H4,67,68,70)/t30-,31-,32-,33-,34-,35-,38-,39-,40-,41-,42-,43-,47-,48-/m0/s1. The second kappa shape index (κ2) is 44.5. The van der Waals surface area contributed by atoms with Gasteiger partial charge in [0.15, 0.2) is 11.9 Å². The Morgan fingerprint density at radius 3 is 1.27 bits per heavy atom. The summed E-state index contributed by atoms with van der Waals surface area (Å²) in [5.74, 6) is -17.1. The number of primary amides is 1. The van der Waals surface area contributed by atoms with Crippen molar-refractivity contribution in [2.75, 3.05) is 19.6 Å². The van der Waals surface area contributed by atoms with Crippen molar-refractivity contribution in [3.63, 3.8) is 0 Å². The molecule has 0 saturated heterocycles. The molecule has 0 aliphatic carbocycles. The number of phenolic OH excluding ortho intramolecular Hbond substituents is 1. The summed E-state index contributed by atoms with van der Waals surface area (Å²) in [6, 6.07) is -11.5. The van der Waals surface area contributed by atoms with Crippen molar-refractivity contribution in [2.24, 2.45) is 62.1 Å². The molecule has 100 heavy (non-hydrogen) atoms. The highest BCUT2D eigenvalue weighted by Gasteiger charge is 2.37. The fourth-order valence-corrected chi connectivity index (χ4v) is 9.28. The topological polar surface area (TPSA) is 642 Å². The molecule has 560 valence electrons. The number of nitrogens with two attached hydrogens (primary N) is 6. The molecule has 1 aromatic carbocycles. The zero-order valence-corrected chi connectivity index (χ0v) is 58.2. The second-order valence-corrected chi connectivity index (χ2v) is 24.7. The molecule has 0 radical (unpaired) electrons. The van der Waals surface area contributed by atoms with E-state index < -0.39 is 192 Å². The van der Waals surface area contributed by atoms with Gasteiger partial charge in [0.1, 0.15) is 72.2 Å². The van der Waals surface area contributed by atoms with Crippen LogP contribution in [0.2, 0.25) is 0 Å². The maximum Gasteiger partial charge on any atom is 0.326 e. The van der Waals surface area contributed by atoms with E-state index in [1.807, 2.05) is 0 Å². The van der Waals surface area contributed by atoms with Gasteiger partial charge < -0.3 is 114 Å². The van der Waals surface area contributed by atoms with Crippen molar-refractivity contribution in [3.05, 3.63) is 29.8 Å². The number of nitrogens with zero attached hydrogens (tertiary/aromatic N) is 2. The van der Waals surface area contributed by atoms with Crippen LogP contribution >= 0.6 is 0 Å². The van der Waals surface area contributed by atoms with Crippen LogP contribution in [0.25, 0.3) is 0 Å². The monoisotopic (exact) mass is 1420 g/mol. The summed E-state index contributed by atoms with van der Waals surface area (Å²) in [5.41, 5.74) is 33.7. The first-order valence-corrected chi connectivity index (χ1v) is 32.7. The van der Waals surface area contributed by atoms with E-state index in [0.29, 0.717) is 12.0 Å². The number of guanidine groups is 2. The number of rotatable bonds is 46. The van der Waals surface area contributed by atoms with Gasteiger partial charge in [0.2, 0.25) is 76.8 Å². The lowest BCUT2D eigenvalue weighted by Crippen LogP contribution is -2.60. The summed E-state index contributed by atoms with van der Waals surface area (Å²) in [6.07, 6.45) is -1.65. The molecule has 0 fully saturated rings. The van der Waals surface area contributed by atoms with Crippen molar-refractivity contribution in [2.45, 2.75) is 212 Å². The molecule has 0 aliphatic rings. The number of phenols is 1. The van der Waals surface area contributed by atoms with Gasteiger partial charge in [0, 0.05) is 25.9 Å². The fraction of sp³-hybridized carbons (Fsp3) is 0.629. The number of amides is 13. The fourth-order valence-electron chi connectivity index (χ4n) is 9.28. The lowest BCUT2D eigenvalue weighted by molar-refractivity contribution is -0.143. The number of nitrogens with one attached hydrogen (secondary N) is 12. The van der Waals surface area contributed by atoms with E-state index in [0.717, 1.165) is 0 Å². The first kappa shape index (κ1) is 87.6. The van der Waals surface area contributed by atoms with Gasteiger partial charge in [-0.05, 0) is 102 Å². The molecule has 38 nitrogen and oxygen atoms in total. The molecule has 0 spiro atoms. The molecular weight excluding hydrogens is 1310 g/mol. The van der Waals surface area contributed by atoms with Gasteiger partial charge in [-0.3, -0.25) is 77.1 Å². The number of hydrogen-bond donors (Lipinski definition) is 21. The molecule has 14 atom stereocenters. The van der Waals surface area contributed by atoms with Crippen molar-refractivity contribution in [1.82, 2.24) is 63.8 Å². The number of aliphatic carboxylic acids is 2. The van der Waals surface area contributed by atoms with Gasteiger partial charge in [-0.2, -0.15) is 0 Å². The van der Waals surface area contributed by atoms with Crippen molar-refractivity contribution >= 4 is 101 Å². The average molecular weight is 1420 g/mol. The van der Waals surface area contributed by atoms with Crippen molar-refractivity contribution in [1.29, 1.82) is 0 Å². The third kappa shape index (κ3) is 33.7. The summed E-state index contributed by atoms with van der Waals surface area (Å²) in [5, 5.41) is 58.3. The van der Waals surface area contributed by atoms with E-state index >= 15 is 0 Å². The van der Waals surface area contributed by atoms with E-state index in [2.05, 4.69) is 73.8 Å². The largest absolute Gasteiger partial charge is 0.508 e. The Morgan fingerprint density at radius 1 is 0.450 bits per heavy atom. The molecule has 27 N–H and O–H groups in total. The molecule has 0 heterocycles. The van der Waals surface area contributed by atoms with Crippen LogP contribution in [0.5, 0.6) is 5.75 Å². The molecule has 0 bridgehead atoms. The number of carbonyl (C=O) groups is 15. The van der Waals surface area contributed by atoms with Crippen LogP contribution in [0, 0.1) is 17.8 Å². The molecule has 1 aromatic rings. The zero-order chi connectivity index (χ0) is 76.3. The Labute approximate surface area is 579 Å². The number of carboxylic acid groups (broad SMARTS) is 2. The highest BCUT2D eigenvalue weighted by Crippen LogP contribution is 2.15. The Kier molecular flexibility index (Phi) is 39.0. The molecule has 0 unspecified atom stereocenters. The molecule has 1 rings (SSSR count). The minimum Gasteiger partial charge on any atom is -0.508 e. The van der Waals surface area contributed by atoms with Gasteiger partial charge in [-0.15, -0.1) is 0 Å². The van der Waals surface area contributed by atoms with Crippen LogP contribution in [0.1, 0.15) is 139 Å². The average Bonchev–Trinajstić information content (AvgIpc) is 0.868. The van der Waals surface area contributed by atoms with Crippen molar-refractivity contribution < 1.29 is 87.2 Å². The maximum atomic E-state index is 14.5. The van der Waals surface area contributed by atoms with Gasteiger partial charge in [-0.1, -0.05) is 66.5 Å². The normalized spacial score (nSPS) is 15.2. The smallest absolute Gasteiger partial charge is 0.326 e. The molecule has 0 aliphatic heterocycles. The highest BCUT2D eigenvalue weighted by molar-refractivity contribution is 6.00. The van der Waals surface area contributed by atoms with Gasteiger partial charge in [0.25, 0.3) is 0 Å². The Morgan fingerprint density at radius 2 is 0.840 bits per heavy atom. The first-order chi connectivity index (χ1) is 46.7. The summed E-state index contributed by atoms with van der Waals surface area (Å²) in [6.45, 7) is 14.3. The third-order valence-electron chi connectivity index (χ3n) is 15.5. The number of aliphatic imine (C=N–C) groups is 2. The predicted molar refractivity (Wildman–Crippen MR) is 363 cm³/mol. The van der Waals surface area contributed by atoms with Crippen LogP contribution < -0.4 is 98.2 Å². The minimum absolute atomic E-state index is 0.0414. The van der Waals surface area contributed by atoms with E-state index in [9.17, 15) is 87.2 Å². The van der Waals surface area contributed by atoms with Crippen LogP contribution in [-0.4, -0.2) is 208 Å². The summed E-state index contributed by atoms with van der Waals surface area (Å²) < 4.78 is 0. The first-order valence-electron chi connectivity index (χ1n) is 32.7. The molecular formula is C62H104N20O18. The van der Waals surface area contributed by atoms with Crippen LogP contribution in [-0.2, 0) is 78.3 Å². The van der Waals surface area contributed by atoms with E-state index in [-0.39, 0.29) is 88.0 Å². The predicted octanol–water partition coefficient (Wildman–Crippen LogP) is -6.14. The molecule has 38 heteroatoms. The minimum atomic E-state index is -1.84. The van der Waals surface area contributed by atoms with E-state index in [4.69, 9.17) is 34.4 Å². The lowest BCUT2D eigenvalue weighted by Gasteiger charge is -2.29. The number of carbonyl (C=O) groups excluding carboxylic acids is 13. The van der Waals surface area contributed by atoms with Crippen molar-refractivity contribution in [3.8, 4) is 5.75 Å². The SMILES string of the molecule is CC[C@H](C)[C@H](NC(=O)[C@H](C)N)C(=O)N[C@@H](C)C(=O)N[C@@H](CCC(N)=O)C(=O)N[C@@H](C)C(=O)N[C@@H](CC(C)C)C(=O)N[C@@H](CCCN=C(N)N)C(=O)N[C@@H](CCCN=C(N)N)C(=O)N[C@H](C(=O)NCC(=O)N[C@@H](CC(=O)O)C(=O)N[C@@H](C)C(=O)N[C@@H](Cc1ccc(O)cc1)C(=O)O)[C@@H](C)CC. The Balaban J connectivity index is 3.47. The third-order valence-corrected chi connectivity index (χ3v) is 15.5. The van der Waals surface area contributed by atoms with E-state index in [1.54, 1.807) is 41.5 Å². The summed E-state index contributed by atoms with van der Waals surface area (Å²) >= 11 is 0. The van der Waals surface area contributed by atoms with Crippen LogP contribution in [0.3, 0.4) is 0 Å². The van der Waals surface area contributed by atoms with Crippen LogP contribution in [0.4, 0.5) is 0 Å². The number of carboxylic acids is 2. The zero-order valence-electron chi connectivity index (χ0n) is 58.2. The summed E-state index contributed by atoms with van der Waals surface area (Å²) in [4.78, 5) is 208. The second-order valence-electron chi connectivity index (χ2n) is 24.7. The highest BCUT2D eigenvalue weighted by atomic mass is 16.4. The number of aromatic hydroxyl groups is 1. The maximum absolute atomic E-state index is 14.5. The Hall–Kier alpha value is -10.4. The lowest BCUT2D eigenvalue weighted by atomic mass is 9.97. The van der Waals surface area contributed by atoms with E-state index in [1.165, 1.54) is 52.0 Å². The molecule has 0 aromatic heterocycles. The Bertz CT molecular complexity index is 3050. The summed E-state index contributed by atoms with van der Waals surface area (Å²) in [7, 11) is 0.